The molecule has 15 heteroatoms. The number of alkyl halides is 11. The molecule has 0 heterocycles. The van der Waals surface area contributed by atoms with Gasteiger partial charge in [0.1, 0.15) is 0 Å². The molecule has 0 rings (SSSR count). The van der Waals surface area contributed by atoms with E-state index in [9.17, 15) is 52.7 Å². The van der Waals surface area contributed by atoms with Crippen molar-refractivity contribution < 1.29 is 57.4 Å². The summed E-state index contributed by atoms with van der Waals surface area (Å²) < 4.78 is 152. The molecule has 0 N–H and O–H groups in total. The number of halogens is 14. The Labute approximate surface area is 122 Å². The Balaban J connectivity index is 6.30. The second-order valence-electron chi connectivity index (χ2n) is 3.38. The van der Waals surface area contributed by atoms with E-state index in [0.29, 0.717) is 0 Å². The van der Waals surface area contributed by atoms with Gasteiger partial charge in [-0.2, -0.15) is 52.7 Å². The van der Waals surface area contributed by atoms with Gasteiger partial charge in [0.2, 0.25) is 0 Å². The predicted octanol–water partition coefficient (Wildman–Crippen LogP) is 5.64. The van der Waals surface area contributed by atoms with E-state index in [1.54, 1.807) is 0 Å². The largest absolute Gasteiger partial charge is 0.417 e. The molecule has 1 unspecified atom stereocenters. The van der Waals surface area contributed by atoms with Crippen LogP contribution in [0.15, 0.2) is 12.1 Å². The third kappa shape index (κ3) is 3.29. The zero-order chi connectivity index (χ0) is 18.4. The summed E-state index contributed by atoms with van der Waals surface area (Å²) in [4.78, 5) is 0. The van der Waals surface area contributed by atoms with Crippen molar-refractivity contribution in [3.8, 4) is 0 Å². The summed E-state index contributed by atoms with van der Waals surface area (Å²) in [5.74, 6) is -21.4. The average Bonchev–Trinajstić information content (AvgIpc) is 2.24. The van der Waals surface area contributed by atoms with Gasteiger partial charge in [0.05, 0.1) is 0 Å². The van der Waals surface area contributed by atoms with Crippen LogP contribution in [0, 0.1) is 0 Å². The van der Waals surface area contributed by atoms with Crippen molar-refractivity contribution in [3.05, 3.63) is 12.1 Å². The molecule has 0 saturated carbocycles. The monoisotopic (exact) mass is 398 g/mol. The molecule has 0 aromatic rings. The van der Waals surface area contributed by atoms with Crippen LogP contribution in [0.5, 0.6) is 0 Å². The molecule has 0 aliphatic rings. The molecule has 0 spiro atoms. The van der Waals surface area contributed by atoms with Crippen LogP contribution in [-0.2, 0) is 4.74 Å². The summed E-state index contributed by atoms with van der Waals surface area (Å²) >= 11 is 7.20. The summed E-state index contributed by atoms with van der Waals surface area (Å²) in [5, 5.41) is -12.7. The highest BCUT2D eigenvalue weighted by Crippen LogP contribution is 2.59. The zero-order valence-electron chi connectivity index (χ0n) is 9.20. The Morgan fingerprint density at radius 1 is 0.636 bits per heavy atom. The summed E-state index contributed by atoms with van der Waals surface area (Å²) in [5.41, 5.74) is 0. The third-order valence-corrected chi connectivity index (χ3v) is 2.38. The highest BCUT2D eigenvalue weighted by atomic mass is 35.5. The molecule has 1 nitrogen and oxygen atoms in total. The molecule has 22 heavy (non-hydrogen) atoms. The lowest BCUT2D eigenvalue weighted by molar-refractivity contribution is -0.404. The Morgan fingerprint density at radius 3 is 1.23 bits per heavy atom. The van der Waals surface area contributed by atoms with Gasteiger partial charge in [-0.15, -0.1) is 0 Å². The van der Waals surface area contributed by atoms with Gasteiger partial charge < -0.3 is 4.74 Å². The Bertz CT molecular complexity index is 447. The quantitative estimate of drug-likeness (QED) is 0.319. The smallest absolute Gasteiger partial charge is 0.398 e. The standard InChI is InChI=1S/C7Cl2F12O/c8-6(18,19)4(15,16)3(13,14)5(17,7(9,20)21)22-2(12)1(10)11. The van der Waals surface area contributed by atoms with Gasteiger partial charge in [-0.05, 0) is 23.2 Å². The van der Waals surface area contributed by atoms with Crippen molar-refractivity contribution in [2.45, 2.75) is 28.5 Å². The maximum Gasteiger partial charge on any atom is 0.398 e. The Morgan fingerprint density at radius 2 is 1.00 bits per heavy atom. The lowest BCUT2D eigenvalue weighted by atomic mass is 10.0. The first kappa shape index (κ1) is 21.3. The molecular weight excluding hydrogens is 399 g/mol. The van der Waals surface area contributed by atoms with Crippen molar-refractivity contribution in [3.63, 3.8) is 0 Å². The van der Waals surface area contributed by atoms with E-state index in [1.807, 2.05) is 0 Å². The van der Waals surface area contributed by atoms with Gasteiger partial charge in [-0.3, -0.25) is 0 Å². The van der Waals surface area contributed by atoms with Crippen LogP contribution in [0.2, 0.25) is 0 Å². The van der Waals surface area contributed by atoms with Gasteiger partial charge >= 0.3 is 40.6 Å². The number of ether oxygens (including phenoxy) is 1. The molecule has 0 fully saturated rings. The molecule has 0 aromatic carbocycles. The Hall–Kier alpha value is -0.720. The third-order valence-electron chi connectivity index (χ3n) is 1.90. The number of rotatable bonds is 6. The van der Waals surface area contributed by atoms with Gasteiger partial charge in [0, 0.05) is 0 Å². The first-order valence-electron chi connectivity index (χ1n) is 4.30. The van der Waals surface area contributed by atoms with Gasteiger partial charge in [-0.25, -0.2) is 0 Å². The summed E-state index contributed by atoms with van der Waals surface area (Å²) in [6.45, 7) is 0. The van der Waals surface area contributed by atoms with Crippen LogP contribution in [-0.4, -0.2) is 28.5 Å². The molecule has 0 aliphatic heterocycles. The second-order valence-corrected chi connectivity index (χ2v) is 4.33. The first-order valence-corrected chi connectivity index (χ1v) is 5.06. The molecule has 0 aromatic heterocycles. The molecule has 0 bridgehead atoms. The van der Waals surface area contributed by atoms with Crippen molar-refractivity contribution in [2.75, 3.05) is 0 Å². The molecule has 0 amide bonds. The predicted molar refractivity (Wildman–Crippen MR) is 46.8 cm³/mol. The van der Waals surface area contributed by atoms with Crippen molar-refractivity contribution in [1.29, 1.82) is 0 Å². The van der Waals surface area contributed by atoms with E-state index in [-0.39, 0.29) is 0 Å². The lowest BCUT2D eigenvalue weighted by Crippen LogP contribution is -2.67. The normalized spacial score (nSPS) is 17.0. The number of hydrogen-bond donors (Lipinski definition) is 0. The van der Waals surface area contributed by atoms with E-state index >= 15 is 0 Å². The second kappa shape index (κ2) is 5.73. The molecule has 132 valence electrons. The topological polar surface area (TPSA) is 9.23 Å². The molecule has 0 radical (unpaired) electrons. The fourth-order valence-electron chi connectivity index (χ4n) is 0.842. The van der Waals surface area contributed by atoms with Gasteiger partial charge in [0.15, 0.2) is 0 Å². The van der Waals surface area contributed by atoms with E-state index in [4.69, 9.17) is 0 Å². The minimum Gasteiger partial charge on any atom is -0.417 e. The molecule has 1 atom stereocenters. The van der Waals surface area contributed by atoms with Crippen molar-refractivity contribution in [2.24, 2.45) is 0 Å². The van der Waals surface area contributed by atoms with Crippen LogP contribution in [0.3, 0.4) is 0 Å². The maximum atomic E-state index is 13.4. The fourth-order valence-corrected chi connectivity index (χ4v) is 1.12. The minimum absolute atomic E-state index is 2.10. The van der Waals surface area contributed by atoms with Gasteiger partial charge in [-0.1, -0.05) is 0 Å². The molecule has 0 saturated heterocycles. The Kier molecular flexibility index (Phi) is 5.54. The van der Waals surface area contributed by atoms with E-state index in [0.717, 1.165) is 0 Å². The highest BCUT2D eigenvalue weighted by Gasteiger charge is 2.87. The highest BCUT2D eigenvalue weighted by molar-refractivity contribution is 6.23. The van der Waals surface area contributed by atoms with Crippen molar-refractivity contribution >= 4 is 23.2 Å². The molecule has 0 aliphatic carbocycles. The van der Waals surface area contributed by atoms with Crippen LogP contribution >= 0.6 is 23.2 Å². The average molecular weight is 399 g/mol. The molecular formula is C7Cl2F12O. The van der Waals surface area contributed by atoms with Crippen molar-refractivity contribution in [1.82, 2.24) is 0 Å². The van der Waals surface area contributed by atoms with Crippen LogP contribution in [0.4, 0.5) is 52.7 Å². The van der Waals surface area contributed by atoms with Crippen LogP contribution in [0.25, 0.3) is 0 Å². The maximum absolute atomic E-state index is 13.4. The van der Waals surface area contributed by atoms with E-state index in [1.165, 1.54) is 0 Å². The van der Waals surface area contributed by atoms with Gasteiger partial charge in [0.25, 0.3) is 0 Å². The summed E-state index contributed by atoms with van der Waals surface area (Å²) in [6, 6.07) is -3.82. The minimum atomic E-state index is -7.36. The SMILES string of the molecule is FC(F)=C(F)OC(F)(C(F)(F)Cl)C(F)(F)C(F)(F)C(F)(F)Cl. The summed E-state index contributed by atoms with van der Waals surface area (Å²) in [7, 11) is 0. The van der Waals surface area contributed by atoms with Crippen LogP contribution < -0.4 is 0 Å². The van der Waals surface area contributed by atoms with E-state index < -0.39 is 40.6 Å². The first-order chi connectivity index (χ1) is 9.33. The zero-order valence-corrected chi connectivity index (χ0v) is 10.7. The van der Waals surface area contributed by atoms with E-state index in [2.05, 4.69) is 27.9 Å². The lowest BCUT2D eigenvalue weighted by Gasteiger charge is -2.39. The summed E-state index contributed by atoms with van der Waals surface area (Å²) in [6.07, 6.45) is -3.85. The van der Waals surface area contributed by atoms with Crippen LogP contribution in [0.1, 0.15) is 0 Å². The fraction of sp³-hybridized carbons (Fsp3) is 0.714. The number of hydrogen-bond acceptors (Lipinski definition) is 1.